The summed E-state index contributed by atoms with van der Waals surface area (Å²) in [6, 6.07) is 16.5. The molecule has 1 heterocycles. The number of aryl methyl sites for hydroxylation is 1. The second-order valence-electron chi connectivity index (χ2n) is 7.41. The topological polar surface area (TPSA) is 23.5 Å². The van der Waals surface area contributed by atoms with Crippen molar-refractivity contribution in [2.45, 2.75) is 44.6 Å². The van der Waals surface area contributed by atoms with Crippen LogP contribution >= 0.6 is 0 Å². The first-order chi connectivity index (χ1) is 11.8. The van der Waals surface area contributed by atoms with Crippen molar-refractivity contribution in [3.63, 3.8) is 0 Å². The molecule has 2 aromatic rings. The molecule has 1 aliphatic carbocycles. The molecule has 0 radical (unpaired) electrons. The van der Waals surface area contributed by atoms with Crippen LogP contribution in [0, 0.1) is 6.92 Å². The summed E-state index contributed by atoms with van der Waals surface area (Å²) in [5, 5.41) is 9.22. The molecule has 2 nitrogen and oxygen atoms in total. The van der Waals surface area contributed by atoms with Crippen LogP contribution in [0.3, 0.4) is 0 Å². The van der Waals surface area contributed by atoms with Crippen LogP contribution in [0.1, 0.15) is 54.3 Å². The smallest absolute Gasteiger partial charge is 0.0443 e. The predicted octanol–water partition coefficient (Wildman–Crippen LogP) is 4.67. The maximum Gasteiger partial charge on any atom is 0.0443 e. The lowest BCUT2D eigenvalue weighted by molar-refractivity contribution is 0.180. The summed E-state index contributed by atoms with van der Waals surface area (Å²) in [6.07, 6.45) is 4.74. The Hall–Kier alpha value is -1.64. The third-order valence-corrected chi connectivity index (χ3v) is 5.82. The van der Waals surface area contributed by atoms with Crippen molar-refractivity contribution in [3.8, 4) is 11.1 Å². The molecule has 2 bridgehead atoms. The highest BCUT2D eigenvalue weighted by atomic mass is 16.3. The van der Waals surface area contributed by atoms with E-state index in [1.54, 1.807) is 5.56 Å². The first-order valence-electron chi connectivity index (χ1n) is 9.32. The Morgan fingerprint density at radius 1 is 1.04 bits per heavy atom. The van der Waals surface area contributed by atoms with Gasteiger partial charge in [0, 0.05) is 19.2 Å². The van der Waals surface area contributed by atoms with E-state index in [0.717, 1.165) is 18.9 Å². The first-order valence-corrected chi connectivity index (χ1v) is 9.32. The zero-order valence-corrected chi connectivity index (χ0v) is 14.5. The highest BCUT2D eigenvalue weighted by Gasteiger charge is 2.36. The lowest BCUT2D eigenvalue weighted by Gasteiger charge is -2.29. The van der Waals surface area contributed by atoms with Crippen LogP contribution in [0.2, 0.25) is 0 Å². The van der Waals surface area contributed by atoms with E-state index >= 15 is 0 Å². The van der Waals surface area contributed by atoms with E-state index < -0.39 is 0 Å². The van der Waals surface area contributed by atoms with Crippen LogP contribution in [-0.4, -0.2) is 29.7 Å². The van der Waals surface area contributed by atoms with Gasteiger partial charge in [-0.25, -0.2) is 0 Å². The van der Waals surface area contributed by atoms with Crippen LogP contribution in [0.5, 0.6) is 0 Å². The quantitative estimate of drug-likeness (QED) is 0.884. The Kier molecular flexibility index (Phi) is 4.43. The van der Waals surface area contributed by atoms with Gasteiger partial charge in [-0.3, -0.25) is 4.90 Å². The van der Waals surface area contributed by atoms with E-state index in [1.807, 2.05) is 0 Å². The van der Waals surface area contributed by atoms with Crippen LogP contribution in [-0.2, 0) is 0 Å². The van der Waals surface area contributed by atoms with Gasteiger partial charge in [-0.05, 0) is 73.4 Å². The van der Waals surface area contributed by atoms with Crippen molar-refractivity contribution < 1.29 is 5.11 Å². The van der Waals surface area contributed by atoms with Crippen molar-refractivity contribution >= 4 is 0 Å². The van der Waals surface area contributed by atoms with Gasteiger partial charge in [-0.1, -0.05) is 42.0 Å². The predicted molar refractivity (Wildman–Crippen MR) is 99.2 cm³/mol. The molecule has 0 spiro atoms. The third-order valence-electron chi connectivity index (χ3n) is 5.82. The zero-order valence-electron chi connectivity index (χ0n) is 14.5. The molecule has 0 saturated carbocycles. The van der Waals surface area contributed by atoms with Gasteiger partial charge in [0.1, 0.15) is 0 Å². The maximum absolute atomic E-state index is 9.22. The minimum absolute atomic E-state index is 0.295. The average Bonchev–Trinajstić information content (AvgIpc) is 2.82. The molecule has 0 amide bonds. The number of likely N-dealkylation sites (tertiary alicyclic amines) is 1. The summed E-state index contributed by atoms with van der Waals surface area (Å²) in [6.45, 7) is 4.62. The van der Waals surface area contributed by atoms with Crippen LogP contribution in [0.15, 0.2) is 42.5 Å². The van der Waals surface area contributed by atoms with E-state index in [2.05, 4.69) is 54.3 Å². The number of aliphatic hydroxyl groups excluding tert-OH is 1. The van der Waals surface area contributed by atoms with Crippen LogP contribution in [0.4, 0.5) is 0 Å². The van der Waals surface area contributed by atoms with Crippen molar-refractivity contribution in [2.24, 2.45) is 0 Å². The largest absolute Gasteiger partial charge is 0.396 e. The fraction of sp³-hybridized carbons (Fsp3) is 0.455. The monoisotopic (exact) mass is 321 g/mol. The number of aliphatic hydroxyl groups is 1. The summed E-state index contributed by atoms with van der Waals surface area (Å²) in [5.41, 5.74) is 7.06. The Balaban J connectivity index is 1.69. The average molecular weight is 321 g/mol. The first kappa shape index (κ1) is 15.9. The molecule has 2 atom stereocenters. The molecular formula is C22H27NO. The van der Waals surface area contributed by atoms with Crippen molar-refractivity contribution in [2.75, 3.05) is 19.7 Å². The Bertz CT molecular complexity index is 706. The Morgan fingerprint density at radius 2 is 1.83 bits per heavy atom. The molecule has 2 aromatic carbocycles. The number of nitrogens with zero attached hydrogens (tertiary/aromatic N) is 1. The normalized spacial score (nSPS) is 23.1. The SMILES string of the molecule is Cc1ccc(-c2ccc3c(c2)[C@H]2C[C@H]3CCCN2CCCO)cc1. The highest BCUT2D eigenvalue weighted by molar-refractivity contribution is 5.66. The summed E-state index contributed by atoms with van der Waals surface area (Å²) in [7, 11) is 0. The summed E-state index contributed by atoms with van der Waals surface area (Å²) >= 11 is 0. The molecule has 0 aromatic heterocycles. The molecule has 1 saturated heterocycles. The molecule has 2 aliphatic rings. The molecule has 2 heteroatoms. The summed E-state index contributed by atoms with van der Waals surface area (Å²) < 4.78 is 0. The van der Waals surface area contributed by atoms with Crippen molar-refractivity contribution in [1.29, 1.82) is 0 Å². The van der Waals surface area contributed by atoms with E-state index in [0.29, 0.717) is 12.6 Å². The number of rotatable bonds is 4. The molecule has 24 heavy (non-hydrogen) atoms. The van der Waals surface area contributed by atoms with Crippen LogP contribution in [0.25, 0.3) is 11.1 Å². The molecule has 1 fully saturated rings. The lowest BCUT2D eigenvalue weighted by Crippen LogP contribution is -2.29. The van der Waals surface area contributed by atoms with E-state index in [9.17, 15) is 5.11 Å². The van der Waals surface area contributed by atoms with Crippen molar-refractivity contribution in [3.05, 3.63) is 59.2 Å². The van der Waals surface area contributed by atoms with Crippen molar-refractivity contribution in [1.82, 2.24) is 4.90 Å². The Morgan fingerprint density at radius 3 is 2.62 bits per heavy atom. The van der Waals surface area contributed by atoms with E-state index in [1.165, 1.54) is 48.1 Å². The molecule has 126 valence electrons. The third kappa shape index (κ3) is 2.89. The van der Waals surface area contributed by atoms with Gasteiger partial charge in [-0.2, -0.15) is 0 Å². The van der Waals surface area contributed by atoms with Gasteiger partial charge in [-0.15, -0.1) is 0 Å². The summed E-state index contributed by atoms with van der Waals surface area (Å²) in [4.78, 5) is 2.61. The van der Waals surface area contributed by atoms with Gasteiger partial charge in [0.05, 0.1) is 0 Å². The van der Waals surface area contributed by atoms with Gasteiger partial charge in [0.25, 0.3) is 0 Å². The molecular weight excluding hydrogens is 294 g/mol. The standard InChI is InChI=1S/C22H27NO/c1-16-5-7-17(8-6-16)18-9-10-20-19-4-2-11-23(12-3-13-24)22(15-19)21(20)14-18/h5-10,14,19,22,24H,2-4,11-13,15H2,1H3/t19-,22-/m1/s1. The van der Waals surface area contributed by atoms with Gasteiger partial charge < -0.3 is 5.11 Å². The molecule has 0 unspecified atom stereocenters. The van der Waals surface area contributed by atoms with Gasteiger partial charge >= 0.3 is 0 Å². The number of hydrogen-bond acceptors (Lipinski definition) is 2. The second-order valence-corrected chi connectivity index (χ2v) is 7.41. The van der Waals surface area contributed by atoms with Gasteiger partial charge in [0.2, 0.25) is 0 Å². The minimum Gasteiger partial charge on any atom is -0.396 e. The van der Waals surface area contributed by atoms with E-state index in [4.69, 9.17) is 0 Å². The number of benzene rings is 2. The fourth-order valence-electron chi connectivity index (χ4n) is 4.54. The Labute approximate surface area is 145 Å². The lowest BCUT2D eigenvalue weighted by atomic mass is 9.93. The highest BCUT2D eigenvalue weighted by Crippen LogP contribution is 2.48. The van der Waals surface area contributed by atoms with Crippen LogP contribution < -0.4 is 0 Å². The summed E-state index contributed by atoms with van der Waals surface area (Å²) in [5.74, 6) is 0.733. The number of hydrogen-bond donors (Lipinski definition) is 1. The molecule has 1 aliphatic heterocycles. The van der Waals surface area contributed by atoms with Gasteiger partial charge in [0.15, 0.2) is 0 Å². The zero-order chi connectivity index (χ0) is 16.5. The number of fused-ring (bicyclic) bond motifs is 5. The second kappa shape index (κ2) is 6.70. The fourth-order valence-corrected chi connectivity index (χ4v) is 4.54. The molecule has 1 N–H and O–H groups in total. The maximum atomic E-state index is 9.22. The molecule has 4 rings (SSSR count). The minimum atomic E-state index is 0.295. The van der Waals surface area contributed by atoms with E-state index in [-0.39, 0.29) is 0 Å².